The number of phenolic OH excluding ortho intramolecular Hbond substituents is 1. The fourth-order valence-electron chi connectivity index (χ4n) is 15.7. The molecule has 3 fully saturated rings. The van der Waals surface area contributed by atoms with Crippen LogP contribution >= 0.6 is 22.6 Å². The van der Waals surface area contributed by atoms with Crippen molar-refractivity contribution in [3.05, 3.63) is 118 Å². The van der Waals surface area contributed by atoms with E-state index in [1.165, 1.54) is 0 Å². The van der Waals surface area contributed by atoms with Crippen molar-refractivity contribution >= 4 is 91.7 Å². The number of carbonyl (C=O) groups is 6. The van der Waals surface area contributed by atoms with Crippen molar-refractivity contribution in [2.24, 2.45) is 21.2 Å². The minimum Gasteiger partial charge on any atom is -0.507 e. The van der Waals surface area contributed by atoms with Gasteiger partial charge in [-0.25, -0.2) is 24.6 Å². The first-order valence-electron chi connectivity index (χ1n) is 47.8. The lowest BCUT2D eigenvalue weighted by Gasteiger charge is -2.26. The second-order valence-corrected chi connectivity index (χ2v) is 55.4. The Balaban J connectivity index is 0.000000334. The molecule has 0 aromatic heterocycles. The van der Waals surface area contributed by atoms with Crippen molar-refractivity contribution < 1.29 is 124 Å². The number of hydrogen-bond donors (Lipinski definition) is 7. The number of oxime groups is 3. The first kappa shape index (κ1) is 120. The molecule has 0 saturated carbocycles. The molecule has 6 aliphatic rings. The molecule has 3 aromatic carbocycles. The fourth-order valence-corrected chi connectivity index (χ4v) is 21.8. The number of carbonyl (C=O) groups excluding carboxylic acids is 6. The minimum absolute atomic E-state index is 0.0212. The van der Waals surface area contributed by atoms with Crippen LogP contribution < -0.4 is 25.4 Å². The van der Waals surface area contributed by atoms with E-state index in [0.29, 0.717) is 128 Å². The number of nitrogens with two attached hydrogens (primary N) is 1. The maximum atomic E-state index is 14.1. The van der Waals surface area contributed by atoms with Gasteiger partial charge in [-0.05, 0) is 207 Å². The standard InChI is InChI=1S/C34H56N3O8PSi.C29H44N3O8P.C21H33O6PSi.C10H20N2O3.C3H7NO/c1-10-28-26(5)30-22-44-34(39)31(30)32(42-20-21-47(7,8)9)29(28)13-12-25(4)23-46(40,45-35-24(2)3)36-27(6)33(38)43-17-11-14-37-15-18-41-19-16-37;1-7-23-21(5)25-17-39-29(35)26(25)27(33)24(23)10-9-20(4)18-41(36,40-30-19(2)3)31-22(6)28(34)38-14-8-11-32-12-15-37-16-13-32;1-7-16-15(3)18-12-27-21(22)19(18)20(26-10-11-29(4,5)6)17(16)9-8-14(2)13-28(23,24)25;1-9(11)10(13)15-6-2-3-12-4-7-14-8-5-12;1-3(2)4-5/h12,27H,10-11,13-23H2,1-9H3,(H,36,40);9,22,33H,7-8,10-18H2,1-6H3,(H,31,36);8H,7,9-13H2,1-6H3,(H2,23,24,25);9H,2-8,11H2,1H3;5H,1-2H3/b25-12+;20-9+;14-8+;;/t27-,46?;22-,41?;;9-;/m00.0./s1. The van der Waals surface area contributed by atoms with Gasteiger partial charge in [-0.2, -0.15) is 0 Å². The van der Waals surface area contributed by atoms with Gasteiger partial charge in [-0.3, -0.25) is 42.8 Å². The molecule has 35 nitrogen and oxygen atoms in total. The molecule has 2 unspecified atom stereocenters. The Hall–Kier alpha value is -7.81. The zero-order chi connectivity index (χ0) is 102. The van der Waals surface area contributed by atoms with Crippen LogP contribution in [0.3, 0.4) is 0 Å². The first-order valence-corrected chi connectivity index (χ1v) is 60.7. The fraction of sp³-hybridized carbons (Fsp3) is 0.660. The van der Waals surface area contributed by atoms with E-state index in [4.69, 9.17) is 72.3 Å². The number of rotatable bonds is 46. The number of fused-ring (bicyclic) bond motifs is 3. The number of nitrogens with zero attached hydrogens (tertiary/aromatic N) is 6. The molecule has 0 amide bonds. The molecule has 9 rings (SSSR count). The summed E-state index contributed by atoms with van der Waals surface area (Å²) in [4.78, 5) is 99.4. The summed E-state index contributed by atoms with van der Waals surface area (Å²) in [5, 5.41) is 35.1. The predicted octanol–water partition coefficient (Wildman–Crippen LogP) is 15.6. The molecule has 0 bridgehead atoms. The number of esters is 6. The predicted molar refractivity (Wildman–Crippen MR) is 540 cm³/mol. The molecule has 3 saturated heterocycles. The van der Waals surface area contributed by atoms with E-state index in [9.17, 15) is 57.4 Å². The summed E-state index contributed by atoms with van der Waals surface area (Å²) in [6.07, 6.45) is 11.1. The highest BCUT2D eigenvalue weighted by atomic mass is 31.2. The van der Waals surface area contributed by atoms with Crippen molar-refractivity contribution in [2.45, 2.75) is 272 Å². The number of allylic oxidation sites excluding steroid dienone is 6. The second-order valence-electron chi connectivity index (χ2n) is 38.4. The average molecular weight is 2020 g/mol. The Bertz CT molecular complexity index is 4850. The van der Waals surface area contributed by atoms with Crippen molar-refractivity contribution in [3.63, 3.8) is 0 Å². The summed E-state index contributed by atoms with van der Waals surface area (Å²) < 4.78 is 111. The van der Waals surface area contributed by atoms with Gasteiger partial charge in [0.15, 0.2) is 0 Å². The van der Waals surface area contributed by atoms with Gasteiger partial charge in [0.2, 0.25) is 0 Å². The van der Waals surface area contributed by atoms with Gasteiger partial charge in [-0.1, -0.05) is 110 Å². The van der Waals surface area contributed by atoms with Gasteiger partial charge < -0.3 is 87.2 Å². The van der Waals surface area contributed by atoms with Crippen molar-refractivity contribution in [2.75, 3.05) is 150 Å². The minimum atomic E-state index is -4.11. The number of hydrogen-bond acceptors (Lipinski definition) is 31. The number of aromatic hydroxyl groups is 1. The third kappa shape index (κ3) is 41.4. The van der Waals surface area contributed by atoms with E-state index in [0.717, 1.165) is 183 Å². The molecule has 6 aliphatic heterocycles. The van der Waals surface area contributed by atoms with Crippen LogP contribution in [0.15, 0.2) is 50.4 Å². The Labute approximate surface area is 814 Å². The Morgan fingerprint density at radius 2 is 0.766 bits per heavy atom. The molecule has 0 radical (unpaired) electrons. The number of morpholine rings is 3. The molecule has 3 aromatic rings. The highest BCUT2D eigenvalue weighted by Crippen LogP contribution is 2.49. The zero-order valence-corrected chi connectivity index (χ0v) is 90.7. The maximum absolute atomic E-state index is 14.1. The smallest absolute Gasteiger partial charge is 0.344 e. The number of nitrogens with one attached hydrogen (secondary N) is 2. The van der Waals surface area contributed by atoms with Gasteiger partial charge in [-0.15, -0.1) is 0 Å². The maximum Gasteiger partial charge on any atom is 0.344 e. The number of benzene rings is 3. The van der Waals surface area contributed by atoms with E-state index >= 15 is 0 Å². The van der Waals surface area contributed by atoms with Crippen LogP contribution in [0.5, 0.6) is 17.2 Å². The van der Waals surface area contributed by atoms with Crippen molar-refractivity contribution in [3.8, 4) is 17.2 Å². The van der Waals surface area contributed by atoms with E-state index in [1.807, 2.05) is 52.8 Å². The number of ether oxygens (including phenoxy) is 11. The van der Waals surface area contributed by atoms with Crippen LogP contribution in [0, 0.1) is 20.8 Å². The summed E-state index contributed by atoms with van der Waals surface area (Å²) in [7, 11) is -14.1. The zero-order valence-electron chi connectivity index (χ0n) is 86.0. The summed E-state index contributed by atoms with van der Waals surface area (Å²) in [6, 6.07) is -0.344. The SMILES string of the molecule is CC(C)=NO.CCc1c(C)c2c(c(O)c1C/C=C(\C)CP(=O)(N[C@@H](C)C(=O)OCCCN1CCOCC1)ON=C(C)C)C(=O)OC2.CCc1c(C)c2c(c(OCC[Si](C)(C)C)c1C/C=C(\C)CP(=O)(N[C@@H](C)C(=O)OCCCN1CCOCC1)ON=C(C)C)C(=O)OC2.CCc1c(C)c2c(c(OCC[Si](C)(C)C)c1C/C=C(\C)CP(=O)(O)O)C(=O)OC2.C[C@H](N)C(=O)OCCCN1CCOCC1. The van der Waals surface area contributed by atoms with Crippen molar-refractivity contribution in [1.29, 1.82) is 0 Å². The van der Waals surface area contributed by atoms with Gasteiger partial charge >= 0.3 is 58.5 Å². The Morgan fingerprint density at radius 1 is 0.467 bits per heavy atom. The van der Waals surface area contributed by atoms with Gasteiger partial charge in [0.05, 0.1) is 108 Å². The molecule has 6 heterocycles. The molecule has 772 valence electrons. The highest BCUT2D eigenvalue weighted by Gasteiger charge is 2.38. The van der Waals surface area contributed by atoms with E-state index in [-0.39, 0.29) is 80.7 Å². The molecule has 5 atom stereocenters. The highest BCUT2D eigenvalue weighted by molar-refractivity contribution is 7.57. The summed E-state index contributed by atoms with van der Waals surface area (Å²) in [6.45, 7) is 61.7. The van der Waals surface area contributed by atoms with Crippen LogP contribution in [0.2, 0.25) is 51.4 Å². The van der Waals surface area contributed by atoms with Gasteiger partial charge in [0, 0.05) is 108 Å². The quantitative estimate of drug-likeness (QED) is 0.00318. The Kier molecular flexibility index (Phi) is 51.2. The van der Waals surface area contributed by atoms with E-state index < -0.39 is 74.8 Å². The Morgan fingerprint density at radius 3 is 1.07 bits per heavy atom. The summed E-state index contributed by atoms with van der Waals surface area (Å²) >= 11 is 0. The summed E-state index contributed by atoms with van der Waals surface area (Å²) in [5.74, 6) is -1.46. The molecule has 8 N–H and O–H groups in total. The number of cyclic esters (lactones) is 3. The number of phenols is 1. The first-order chi connectivity index (χ1) is 64.4. The third-order valence-corrected chi connectivity index (χ3v) is 31.6. The van der Waals surface area contributed by atoms with Crippen molar-refractivity contribution in [1.82, 2.24) is 24.9 Å². The van der Waals surface area contributed by atoms with Crippen LogP contribution in [-0.4, -0.2) is 272 Å². The van der Waals surface area contributed by atoms with E-state index in [2.05, 4.69) is 93.5 Å². The topological polar surface area (TPSA) is 451 Å². The lowest BCUT2D eigenvalue weighted by atomic mass is 9.89. The van der Waals surface area contributed by atoms with E-state index in [1.54, 1.807) is 76.2 Å². The van der Waals surface area contributed by atoms with Crippen LogP contribution in [-0.2, 0) is 138 Å². The second kappa shape index (κ2) is 58.6. The monoisotopic (exact) mass is 2020 g/mol. The molecular weight excluding hydrogens is 1860 g/mol. The van der Waals surface area contributed by atoms with Gasteiger partial charge in [0.25, 0.3) is 0 Å². The lowest BCUT2D eigenvalue weighted by molar-refractivity contribution is -0.146. The van der Waals surface area contributed by atoms with Crippen LogP contribution in [0.25, 0.3) is 0 Å². The molecule has 137 heavy (non-hydrogen) atoms. The third-order valence-electron chi connectivity index (χ3n) is 23.2. The molecule has 40 heteroatoms. The normalized spacial score (nSPS) is 16.8. The largest absolute Gasteiger partial charge is 0.507 e. The van der Waals surface area contributed by atoms with Gasteiger partial charge in [0.1, 0.15) is 71.9 Å². The molecule has 0 aliphatic carbocycles. The molecular formula is C97H160N9O26P3Si2. The summed E-state index contributed by atoms with van der Waals surface area (Å²) in [5.41, 5.74) is 21.9. The average Bonchev–Trinajstić information content (AvgIpc) is 1.63. The lowest BCUT2D eigenvalue weighted by Crippen LogP contribution is -2.38. The molecule has 0 spiro atoms. The van der Waals surface area contributed by atoms with Crippen LogP contribution in [0.4, 0.5) is 0 Å². The van der Waals surface area contributed by atoms with Crippen LogP contribution in [0.1, 0.15) is 221 Å².